The summed E-state index contributed by atoms with van der Waals surface area (Å²) >= 11 is 0. The Morgan fingerprint density at radius 2 is 1.38 bits per heavy atom. The smallest absolute Gasteiger partial charge is 0.311 e. The predicted molar refractivity (Wildman–Crippen MR) is 102 cm³/mol. The van der Waals surface area contributed by atoms with Gasteiger partial charge >= 0.3 is 5.97 Å². The number of carbonyl (C=O) groups is 1. The van der Waals surface area contributed by atoms with Gasteiger partial charge in [-0.15, -0.1) is 0 Å². The maximum absolute atomic E-state index is 11.8. The summed E-state index contributed by atoms with van der Waals surface area (Å²) in [5.74, 6) is -0.0970. The van der Waals surface area contributed by atoms with Crippen molar-refractivity contribution in [2.75, 3.05) is 6.61 Å². The first-order valence-electron chi connectivity index (χ1n) is 9.94. The molecule has 24 heavy (non-hydrogen) atoms. The molecule has 0 amide bonds. The minimum absolute atomic E-state index is 0.0970. The van der Waals surface area contributed by atoms with Crippen molar-refractivity contribution in [1.29, 1.82) is 0 Å². The Balaban J connectivity index is 3.62. The molecule has 0 aliphatic carbocycles. The quantitative estimate of drug-likeness (QED) is 0.335. The Kier molecular flexibility index (Phi) is 11.6. The van der Waals surface area contributed by atoms with Gasteiger partial charge in [-0.1, -0.05) is 59.3 Å². The lowest BCUT2D eigenvalue weighted by molar-refractivity contribution is -0.153. The van der Waals surface area contributed by atoms with Crippen LogP contribution in [0.2, 0.25) is 0 Å². The highest BCUT2D eigenvalue weighted by Gasteiger charge is 2.28. The van der Waals surface area contributed by atoms with Crippen LogP contribution in [-0.2, 0) is 9.53 Å². The van der Waals surface area contributed by atoms with Gasteiger partial charge in [0.15, 0.2) is 0 Å². The lowest BCUT2D eigenvalue weighted by Crippen LogP contribution is -2.26. The molecule has 0 bridgehead atoms. The molecule has 0 heterocycles. The molecule has 144 valence electrons. The van der Waals surface area contributed by atoms with E-state index in [-0.39, 0.29) is 17.5 Å². The number of esters is 1. The van der Waals surface area contributed by atoms with E-state index in [1.165, 1.54) is 19.3 Å². The van der Waals surface area contributed by atoms with Crippen molar-refractivity contribution >= 4 is 5.97 Å². The number of aliphatic hydroxyl groups excluding tert-OH is 1. The van der Waals surface area contributed by atoms with Crippen LogP contribution in [0.25, 0.3) is 0 Å². The third-order valence-corrected chi connectivity index (χ3v) is 4.63. The van der Waals surface area contributed by atoms with Crippen LogP contribution in [0.4, 0.5) is 0 Å². The van der Waals surface area contributed by atoms with E-state index in [1.807, 2.05) is 20.8 Å². The van der Waals surface area contributed by atoms with Gasteiger partial charge in [0.25, 0.3) is 0 Å². The Morgan fingerprint density at radius 1 is 0.875 bits per heavy atom. The topological polar surface area (TPSA) is 46.5 Å². The number of rotatable bonds is 13. The van der Waals surface area contributed by atoms with Crippen LogP contribution in [-0.4, -0.2) is 23.8 Å². The number of ether oxygens (including phenoxy) is 1. The van der Waals surface area contributed by atoms with Crippen LogP contribution >= 0.6 is 0 Å². The first-order chi connectivity index (χ1) is 11.1. The summed E-state index contributed by atoms with van der Waals surface area (Å²) in [5, 5.41) is 10.1. The summed E-state index contributed by atoms with van der Waals surface area (Å²) in [6.07, 6.45) is 10.5. The first-order valence-corrected chi connectivity index (χ1v) is 9.94. The molecule has 0 aromatic rings. The van der Waals surface area contributed by atoms with Crippen molar-refractivity contribution in [2.24, 2.45) is 10.8 Å². The van der Waals surface area contributed by atoms with Gasteiger partial charge in [0, 0.05) is 0 Å². The standard InChI is InChI=1S/C21H42O3/c1-7-24-19(23)21(5,6)17-13-9-11-15-18(22)14-10-8-12-16-20(2,3)4/h18,22H,7-17H2,1-6H3. The van der Waals surface area contributed by atoms with Gasteiger partial charge in [0.2, 0.25) is 0 Å². The maximum atomic E-state index is 11.8. The van der Waals surface area contributed by atoms with E-state index < -0.39 is 0 Å². The molecule has 0 aromatic heterocycles. The van der Waals surface area contributed by atoms with Crippen LogP contribution in [0.5, 0.6) is 0 Å². The highest BCUT2D eigenvalue weighted by molar-refractivity contribution is 5.75. The largest absolute Gasteiger partial charge is 0.466 e. The molecule has 0 aliphatic rings. The van der Waals surface area contributed by atoms with Crippen molar-refractivity contribution in [3.8, 4) is 0 Å². The molecule has 0 aliphatic heterocycles. The van der Waals surface area contributed by atoms with Crippen molar-refractivity contribution in [1.82, 2.24) is 0 Å². The molecular weight excluding hydrogens is 300 g/mol. The number of carbonyl (C=O) groups excluding carboxylic acids is 1. The third-order valence-electron chi connectivity index (χ3n) is 4.63. The van der Waals surface area contributed by atoms with Gasteiger partial charge in [-0.2, -0.15) is 0 Å². The Labute approximate surface area is 150 Å². The minimum atomic E-state index is -0.387. The zero-order valence-corrected chi connectivity index (χ0v) is 17.1. The van der Waals surface area contributed by atoms with E-state index in [0.29, 0.717) is 12.0 Å². The first kappa shape index (κ1) is 23.4. The molecular formula is C21H42O3. The zero-order valence-electron chi connectivity index (χ0n) is 17.1. The van der Waals surface area contributed by atoms with Crippen LogP contribution in [0.1, 0.15) is 106 Å². The molecule has 3 nitrogen and oxygen atoms in total. The fourth-order valence-corrected chi connectivity index (χ4v) is 2.91. The van der Waals surface area contributed by atoms with E-state index in [0.717, 1.165) is 44.9 Å². The number of hydrogen-bond acceptors (Lipinski definition) is 3. The summed E-state index contributed by atoms with van der Waals surface area (Å²) < 4.78 is 5.11. The second kappa shape index (κ2) is 11.9. The van der Waals surface area contributed by atoms with Crippen LogP contribution in [0, 0.1) is 10.8 Å². The normalized spacial score (nSPS) is 13.8. The van der Waals surface area contributed by atoms with Gasteiger partial charge in [-0.05, 0) is 51.9 Å². The van der Waals surface area contributed by atoms with E-state index in [9.17, 15) is 9.90 Å². The molecule has 0 aromatic carbocycles. The molecule has 0 saturated carbocycles. The molecule has 0 saturated heterocycles. The molecule has 0 spiro atoms. The molecule has 0 fully saturated rings. The lowest BCUT2D eigenvalue weighted by Gasteiger charge is -2.22. The Hall–Kier alpha value is -0.570. The van der Waals surface area contributed by atoms with E-state index in [4.69, 9.17) is 4.74 Å². The number of aliphatic hydroxyl groups is 1. The maximum Gasteiger partial charge on any atom is 0.311 e. The van der Waals surface area contributed by atoms with E-state index in [2.05, 4.69) is 20.8 Å². The van der Waals surface area contributed by atoms with Crippen molar-refractivity contribution < 1.29 is 14.6 Å². The lowest BCUT2D eigenvalue weighted by atomic mass is 9.86. The van der Waals surface area contributed by atoms with E-state index in [1.54, 1.807) is 0 Å². The zero-order chi connectivity index (χ0) is 18.6. The molecule has 3 heteroatoms. The fraction of sp³-hybridized carbons (Fsp3) is 0.952. The van der Waals surface area contributed by atoms with Gasteiger partial charge in [0.05, 0.1) is 18.1 Å². The third kappa shape index (κ3) is 12.8. The SMILES string of the molecule is CCOC(=O)C(C)(C)CCCCCC(O)CCCCCC(C)(C)C. The Bertz CT molecular complexity index is 328. The number of hydrogen-bond donors (Lipinski definition) is 1. The average molecular weight is 343 g/mol. The Morgan fingerprint density at radius 3 is 1.83 bits per heavy atom. The van der Waals surface area contributed by atoms with Gasteiger partial charge < -0.3 is 9.84 Å². The fourth-order valence-electron chi connectivity index (χ4n) is 2.91. The molecule has 1 unspecified atom stereocenters. The summed E-state index contributed by atoms with van der Waals surface area (Å²) in [5.41, 5.74) is 0.0393. The molecule has 0 rings (SSSR count). The van der Waals surface area contributed by atoms with E-state index >= 15 is 0 Å². The summed E-state index contributed by atoms with van der Waals surface area (Å²) in [6.45, 7) is 13.1. The van der Waals surface area contributed by atoms with Gasteiger partial charge in [-0.25, -0.2) is 0 Å². The predicted octanol–water partition coefficient (Wildman–Crippen LogP) is 5.88. The average Bonchev–Trinajstić information content (AvgIpc) is 2.45. The molecule has 1 N–H and O–H groups in total. The van der Waals surface area contributed by atoms with Gasteiger partial charge in [0.1, 0.15) is 0 Å². The van der Waals surface area contributed by atoms with Crippen molar-refractivity contribution in [3.63, 3.8) is 0 Å². The van der Waals surface area contributed by atoms with Gasteiger partial charge in [-0.3, -0.25) is 4.79 Å². The van der Waals surface area contributed by atoms with Crippen LogP contribution < -0.4 is 0 Å². The highest BCUT2D eigenvalue weighted by Crippen LogP contribution is 2.26. The van der Waals surface area contributed by atoms with Crippen LogP contribution in [0.3, 0.4) is 0 Å². The second-order valence-corrected chi connectivity index (χ2v) is 9.02. The number of unbranched alkanes of at least 4 members (excludes halogenated alkanes) is 4. The second-order valence-electron chi connectivity index (χ2n) is 9.02. The summed E-state index contributed by atoms with van der Waals surface area (Å²) in [7, 11) is 0. The molecule has 1 atom stereocenters. The van der Waals surface area contributed by atoms with Crippen molar-refractivity contribution in [2.45, 2.75) is 112 Å². The summed E-state index contributed by atoms with van der Waals surface area (Å²) in [4.78, 5) is 11.8. The van der Waals surface area contributed by atoms with Crippen LogP contribution in [0.15, 0.2) is 0 Å². The summed E-state index contributed by atoms with van der Waals surface area (Å²) in [6, 6.07) is 0. The minimum Gasteiger partial charge on any atom is -0.466 e. The van der Waals surface area contributed by atoms with Crippen molar-refractivity contribution in [3.05, 3.63) is 0 Å². The highest BCUT2D eigenvalue weighted by atomic mass is 16.5. The monoisotopic (exact) mass is 342 g/mol. The molecule has 0 radical (unpaired) electrons.